The Morgan fingerprint density at radius 1 is 0.769 bits per heavy atom. The first kappa shape index (κ1) is 27.6. The number of hydrogen-bond acceptors (Lipinski definition) is 3. The zero-order chi connectivity index (χ0) is 26.1. The molecule has 1 fully saturated rings. The molecule has 1 aliphatic rings. The molecule has 0 bridgehead atoms. The van der Waals surface area contributed by atoms with Crippen molar-refractivity contribution in [3.05, 3.63) is 115 Å². The van der Waals surface area contributed by atoms with Crippen LogP contribution in [0.3, 0.4) is 0 Å². The van der Waals surface area contributed by atoms with E-state index in [1.807, 2.05) is 60.0 Å². The third-order valence-corrected chi connectivity index (χ3v) is 10.3. The van der Waals surface area contributed by atoms with Crippen molar-refractivity contribution >= 4 is 44.8 Å². The molecular weight excluding hydrogens is 689 g/mol. The van der Waals surface area contributed by atoms with Gasteiger partial charge in [-0.3, -0.25) is 0 Å². The van der Waals surface area contributed by atoms with Crippen LogP contribution in [0.5, 0.6) is 0 Å². The third-order valence-electron chi connectivity index (χ3n) is 7.04. The topological polar surface area (TPSA) is 25.8 Å². The average molecular weight is 719 g/mol. The predicted molar refractivity (Wildman–Crippen MR) is 165 cm³/mol. The normalized spacial score (nSPS) is 13.0. The molecule has 197 valence electrons. The molecule has 39 heavy (non-hydrogen) atoms. The van der Waals surface area contributed by atoms with Gasteiger partial charge in [0.1, 0.15) is 0 Å². The van der Waals surface area contributed by atoms with Crippen molar-refractivity contribution in [2.45, 2.75) is 38.4 Å². The summed E-state index contributed by atoms with van der Waals surface area (Å²) in [6.45, 7) is 7.24. The van der Waals surface area contributed by atoms with Gasteiger partial charge in [-0.15, -0.1) is 59.7 Å². The van der Waals surface area contributed by atoms with Crippen molar-refractivity contribution in [1.82, 2.24) is 9.97 Å². The van der Waals surface area contributed by atoms with Crippen LogP contribution in [0.1, 0.15) is 24.3 Å². The molecule has 3 heterocycles. The fraction of sp³-hybridized carbons (Fsp3) is 0.176. The van der Waals surface area contributed by atoms with E-state index in [1.54, 1.807) is 6.20 Å². The van der Waals surface area contributed by atoms with E-state index in [0.29, 0.717) is 0 Å². The number of aromatic nitrogens is 2. The summed E-state index contributed by atoms with van der Waals surface area (Å²) in [6.07, 6.45) is 6.39. The Labute approximate surface area is 249 Å². The standard InChI is InChI=1S/C23H22NSSi.C11H8N.Ir/c1-26(2,3)17-9-10-22-20(14-17)18-5-4-6-19(23(18)25-22)21-13-16(11-12-24-21)15-7-8-15;1-2-6-10(7-3-1)11-8-4-5-9-12-11;/h4-5,9-15H,7-8H2,1-3H3;1-6,8-9H;/q2*-1;. The van der Waals surface area contributed by atoms with E-state index in [-0.39, 0.29) is 20.1 Å². The summed E-state index contributed by atoms with van der Waals surface area (Å²) in [7, 11) is -1.32. The minimum atomic E-state index is -1.32. The molecule has 5 heteroatoms. The summed E-state index contributed by atoms with van der Waals surface area (Å²) >= 11 is 1.88. The first-order valence-electron chi connectivity index (χ1n) is 13.2. The maximum atomic E-state index is 4.68. The van der Waals surface area contributed by atoms with Crippen LogP contribution in [0.25, 0.3) is 42.7 Å². The predicted octanol–water partition coefficient (Wildman–Crippen LogP) is 8.89. The molecule has 0 amide bonds. The van der Waals surface area contributed by atoms with Gasteiger partial charge in [-0.25, -0.2) is 0 Å². The Morgan fingerprint density at radius 3 is 2.31 bits per heavy atom. The average Bonchev–Trinajstić information content (AvgIpc) is 3.74. The zero-order valence-electron chi connectivity index (χ0n) is 22.4. The molecule has 1 aliphatic carbocycles. The molecule has 0 saturated heterocycles. The molecule has 0 atom stereocenters. The van der Waals surface area contributed by atoms with Gasteiger partial charge in [-0.05, 0) is 58.4 Å². The summed E-state index contributed by atoms with van der Waals surface area (Å²) in [5.74, 6) is 0.748. The summed E-state index contributed by atoms with van der Waals surface area (Å²) in [5, 5.41) is 4.25. The van der Waals surface area contributed by atoms with Crippen molar-refractivity contribution in [1.29, 1.82) is 0 Å². The van der Waals surface area contributed by atoms with Crippen LogP contribution >= 0.6 is 11.3 Å². The van der Waals surface area contributed by atoms with Crippen molar-refractivity contribution in [3.8, 4) is 22.5 Å². The first-order valence-corrected chi connectivity index (χ1v) is 17.5. The molecule has 3 aromatic carbocycles. The molecule has 0 unspecified atom stereocenters. The fourth-order valence-electron chi connectivity index (χ4n) is 4.73. The summed E-state index contributed by atoms with van der Waals surface area (Å²) in [6, 6.07) is 36.1. The van der Waals surface area contributed by atoms with Gasteiger partial charge in [0.25, 0.3) is 0 Å². The molecule has 2 nitrogen and oxygen atoms in total. The van der Waals surface area contributed by atoms with Crippen molar-refractivity contribution < 1.29 is 20.1 Å². The maximum absolute atomic E-state index is 4.68. The molecule has 0 aliphatic heterocycles. The van der Waals surface area contributed by atoms with E-state index >= 15 is 0 Å². The van der Waals surface area contributed by atoms with Gasteiger partial charge in [0.2, 0.25) is 0 Å². The first-order chi connectivity index (χ1) is 18.5. The minimum Gasteiger partial charge on any atom is -0.305 e. The van der Waals surface area contributed by atoms with Crippen LogP contribution in [-0.4, -0.2) is 18.0 Å². The van der Waals surface area contributed by atoms with Gasteiger partial charge in [0.15, 0.2) is 0 Å². The molecule has 1 saturated carbocycles. The SMILES string of the molecule is C[Si](C)(C)c1ccc2sc3c(-c4cc(C5CC5)ccn4)[c-]ccc3c2c1.[Ir].[c-]1ccccc1-c1ccccn1. The number of nitrogens with zero attached hydrogens (tertiary/aromatic N) is 2. The van der Waals surface area contributed by atoms with Crippen LogP contribution in [-0.2, 0) is 20.1 Å². The van der Waals surface area contributed by atoms with Gasteiger partial charge in [0.05, 0.1) is 8.07 Å². The van der Waals surface area contributed by atoms with Gasteiger partial charge in [0, 0.05) is 37.2 Å². The Morgan fingerprint density at radius 2 is 1.59 bits per heavy atom. The number of pyridine rings is 2. The summed E-state index contributed by atoms with van der Waals surface area (Å²) < 4.78 is 2.68. The van der Waals surface area contributed by atoms with E-state index in [0.717, 1.165) is 28.4 Å². The number of hydrogen-bond donors (Lipinski definition) is 0. The molecule has 0 spiro atoms. The van der Waals surface area contributed by atoms with Gasteiger partial charge >= 0.3 is 0 Å². The molecule has 3 aromatic heterocycles. The molecule has 6 aromatic rings. The summed E-state index contributed by atoms with van der Waals surface area (Å²) in [4.78, 5) is 8.90. The Balaban J connectivity index is 0.000000200. The smallest absolute Gasteiger partial charge is 0.0776 e. The fourth-order valence-corrected chi connectivity index (χ4v) is 7.08. The van der Waals surface area contributed by atoms with Crippen LogP contribution in [0.15, 0.2) is 97.3 Å². The molecule has 1 radical (unpaired) electrons. The van der Waals surface area contributed by atoms with Gasteiger partial charge in [-0.2, -0.15) is 11.3 Å². The van der Waals surface area contributed by atoms with E-state index in [9.17, 15) is 0 Å². The van der Waals surface area contributed by atoms with Crippen LogP contribution in [0.2, 0.25) is 19.6 Å². The second-order valence-electron chi connectivity index (χ2n) is 10.9. The van der Waals surface area contributed by atoms with E-state index < -0.39 is 8.07 Å². The van der Waals surface area contributed by atoms with E-state index in [1.165, 1.54) is 43.8 Å². The second-order valence-corrected chi connectivity index (χ2v) is 17.0. The number of benzene rings is 3. The number of rotatable bonds is 4. The summed E-state index contributed by atoms with van der Waals surface area (Å²) in [5.41, 5.74) is 5.66. The van der Waals surface area contributed by atoms with Crippen molar-refractivity contribution in [3.63, 3.8) is 0 Å². The van der Waals surface area contributed by atoms with E-state index in [2.05, 4.69) is 84.2 Å². The Bertz CT molecular complexity index is 1670. The number of thiophene rings is 1. The van der Waals surface area contributed by atoms with Crippen molar-refractivity contribution in [2.75, 3.05) is 0 Å². The van der Waals surface area contributed by atoms with Crippen LogP contribution in [0.4, 0.5) is 0 Å². The van der Waals surface area contributed by atoms with Gasteiger partial charge < -0.3 is 9.97 Å². The second kappa shape index (κ2) is 11.7. The van der Waals surface area contributed by atoms with Crippen molar-refractivity contribution in [2.24, 2.45) is 0 Å². The largest absolute Gasteiger partial charge is 0.305 e. The Hall–Kier alpha value is -2.95. The minimum absolute atomic E-state index is 0. The van der Waals surface area contributed by atoms with E-state index in [4.69, 9.17) is 0 Å². The zero-order valence-corrected chi connectivity index (χ0v) is 26.6. The monoisotopic (exact) mass is 719 g/mol. The Kier molecular flexibility index (Phi) is 8.25. The third kappa shape index (κ3) is 6.13. The maximum Gasteiger partial charge on any atom is 0.0776 e. The molecule has 0 N–H and O–H groups in total. The quantitative estimate of drug-likeness (QED) is 0.135. The van der Waals surface area contributed by atoms with Crippen LogP contribution in [0, 0.1) is 12.1 Å². The number of fused-ring (bicyclic) bond motifs is 3. The van der Waals surface area contributed by atoms with Crippen LogP contribution < -0.4 is 5.19 Å². The molecular formula is C34H30IrN2SSi-2. The molecule has 7 rings (SSSR count). The van der Waals surface area contributed by atoms with Gasteiger partial charge in [-0.1, -0.05) is 66.1 Å².